The van der Waals surface area contributed by atoms with Crippen molar-refractivity contribution < 1.29 is 18.0 Å². The highest BCUT2D eigenvalue weighted by molar-refractivity contribution is 5.95. The molecule has 1 aliphatic heterocycles. The second-order valence-corrected chi connectivity index (χ2v) is 6.33. The van der Waals surface area contributed by atoms with E-state index in [0.717, 1.165) is 38.4 Å². The normalized spacial score (nSPS) is 22.3. The van der Waals surface area contributed by atoms with Crippen LogP contribution in [0.2, 0.25) is 0 Å². The van der Waals surface area contributed by atoms with Crippen LogP contribution in [0.4, 0.5) is 18.9 Å². The van der Waals surface area contributed by atoms with Crippen molar-refractivity contribution in [3.63, 3.8) is 0 Å². The number of rotatable bonds is 2. The van der Waals surface area contributed by atoms with Gasteiger partial charge in [0.1, 0.15) is 0 Å². The molecule has 7 heteroatoms. The summed E-state index contributed by atoms with van der Waals surface area (Å²) >= 11 is 0. The van der Waals surface area contributed by atoms with Crippen molar-refractivity contribution >= 4 is 24.0 Å². The molecule has 1 saturated carbocycles. The van der Waals surface area contributed by atoms with Gasteiger partial charge >= 0.3 is 6.18 Å². The number of hydrogen-bond acceptors (Lipinski definition) is 2. The molecule has 2 fully saturated rings. The third kappa shape index (κ3) is 3.48. The Morgan fingerprint density at radius 3 is 2.57 bits per heavy atom. The molecule has 2 aliphatic rings. The number of anilines is 1. The Labute approximate surface area is 139 Å². The first-order valence-corrected chi connectivity index (χ1v) is 7.52. The van der Waals surface area contributed by atoms with E-state index in [4.69, 9.17) is 0 Å². The lowest BCUT2D eigenvalue weighted by Crippen LogP contribution is -2.31. The minimum absolute atomic E-state index is 0. The highest BCUT2D eigenvalue weighted by Gasteiger charge is 2.57. The Bertz CT molecular complexity index is 597. The molecule has 1 unspecified atom stereocenters. The number of amides is 1. The van der Waals surface area contributed by atoms with Gasteiger partial charge < -0.3 is 10.6 Å². The number of halogens is 4. The van der Waals surface area contributed by atoms with Crippen molar-refractivity contribution in [2.24, 2.45) is 11.3 Å². The van der Waals surface area contributed by atoms with Gasteiger partial charge in [0.05, 0.1) is 5.56 Å². The van der Waals surface area contributed by atoms with Crippen LogP contribution >= 0.6 is 12.4 Å². The maximum absolute atomic E-state index is 12.9. The summed E-state index contributed by atoms with van der Waals surface area (Å²) < 4.78 is 38.7. The van der Waals surface area contributed by atoms with Crippen molar-refractivity contribution in [1.29, 1.82) is 0 Å². The second kappa shape index (κ2) is 6.32. The van der Waals surface area contributed by atoms with Crippen LogP contribution in [0.3, 0.4) is 0 Å². The fourth-order valence-corrected chi connectivity index (χ4v) is 3.49. The monoisotopic (exact) mass is 348 g/mol. The quantitative estimate of drug-likeness (QED) is 0.854. The smallest absolute Gasteiger partial charge is 0.326 e. The molecule has 1 aliphatic carbocycles. The standard InChI is InChI=1S/C16H19F3N2O.ClH/c1-10-11(16(17,18)19)3-2-4-13(10)21-14(22)12-9-15(12)5-7-20-8-6-15;/h2-4,12,20H,5-9H2,1H3,(H,21,22);1H. The molecular formula is C16H20ClF3N2O. The predicted octanol–water partition coefficient (Wildman–Crippen LogP) is 3.76. The molecule has 1 aromatic rings. The topological polar surface area (TPSA) is 41.1 Å². The van der Waals surface area contributed by atoms with E-state index in [-0.39, 0.29) is 40.9 Å². The number of piperidine rings is 1. The molecular weight excluding hydrogens is 329 g/mol. The maximum Gasteiger partial charge on any atom is 0.416 e. The van der Waals surface area contributed by atoms with E-state index in [1.54, 1.807) is 0 Å². The number of benzene rings is 1. The van der Waals surface area contributed by atoms with Gasteiger partial charge in [-0.05, 0) is 62.4 Å². The van der Waals surface area contributed by atoms with Crippen molar-refractivity contribution in [3.8, 4) is 0 Å². The van der Waals surface area contributed by atoms with Crippen LogP contribution in [-0.4, -0.2) is 19.0 Å². The van der Waals surface area contributed by atoms with Crippen LogP contribution in [0.25, 0.3) is 0 Å². The second-order valence-electron chi connectivity index (χ2n) is 6.33. The van der Waals surface area contributed by atoms with Gasteiger partial charge in [-0.1, -0.05) is 6.07 Å². The highest BCUT2D eigenvalue weighted by atomic mass is 35.5. The average molecular weight is 349 g/mol. The first-order chi connectivity index (χ1) is 10.3. The summed E-state index contributed by atoms with van der Waals surface area (Å²) in [6, 6.07) is 3.90. The van der Waals surface area contributed by atoms with Gasteiger partial charge in [0.2, 0.25) is 5.91 Å². The summed E-state index contributed by atoms with van der Waals surface area (Å²) in [5, 5.41) is 5.96. The predicted molar refractivity (Wildman–Crippen MR) is 84.7 cm³/mol. The molecule has 3 rings (SSSR count). The van der Waals surface area contributed by atoms with Gasteiger partial charge in [-0.2, -0.15) is 13.2 Å². The van der Waals surface area contributed by atoms with E-state index in [9.17, 15) is 18.0 Å². The van der Waals surface area contributed by atoms with Gasteiger partial charge in [-0.3, -0.25) is 4.79 Å². The fraction of sp³-hybridized carbons (Fsp3) is 0.562. The molecule has 3 nitrogen and oxygen atoms in total. The number of nitrogens with one attached hydrogen (secondary N) is 2. The lowest BCUT2D eigenvalue weighted by molar-refractivity contribution is -0.138. The molecule has 1 spiro atoms. The molecule has 0 radical (unpaired) electrons. The largest absolute Gasteiger partial charge is 0.416 e. The molecule has 1 aromatic carbocycles. The molecule has 1 saturated heterocycles. The van der Waals surface area contributed by atoms with E-state index >= 15 is 0 Å². The number of hydrogen-bond donors (Lipinski definition) is 2. The summed E-state index contributed by atoms with van der Waals surface area (Å²) in [4.78, 5) is 12.3. The Morgan fingerprint density at radius 1 is 1.30 bits per heavy atom. The molecule has 0 aromatic heterocycles. The summed E-state index contributed by atoms with van der Waals surface area (Å²) in [6.07, 6.45) is -1.63. The molecule has 1 atom stereocenters. The minimum atomic E-state index is -4.40. The van der Waals surface area contributed by atoms with E-state index in [1.807, 2.05) is 0 Å². The molecule has 0 bridgehead atoms. The molecule has 23 heavy (non-hydrogen) atoms. The minimum Gasteiger partial charge on any atom is -0.326 e. The van der Waals surface area contributed by atoms with Gasteiger partial charge in [0.15, 0.2) is 0 Å². The van der Waals surface area contributed by atoms with Crippen LogP contribution in [0, 0.1) is 18.3 Å². The Kier molecular flexibility index (Phi) is 4.97. The van der Waals surface area contributed by atoms with Gasteiger partial charge in [0, 0.05) is 11.6 Å². The van der Waals surface area contributed by atoms with Crippen molar-refractivity contribution in [1.82, 2.24) is 5.32 Å². The number of carbonyl (C=O) groups excluding carboxylic acids is 1. The van der Waals surface area contributed by atoms with Crippen LogP contribution in [0.5, 0.6) is 0 Å². The van der Waals surface area contributed by atoms with Crippen molar-refractivity contribution in [2.45, 2.75) is 32.4 Å². The van der Waals surface area contributed by atoms with Gasteiger partial charge in [0.25, 0.3) is 0 Å². The lowest BCUT2D eigenvalue weighted by Gasteiger charge is -2.23. The third-order valence-corrected chi connectivity index (χ3v) is 5.00. The number of alkyl halides is 3. The summed E-state index contributed by atoms with van der Waals surface area (Å²) in [7, 11) is 0. The van der Waals surface area contributed by atoms with Crippen LogP contribution < -0.4 is 10.6 Å². The zero-order valence-electron chi connectivity index (χ0n) is 12.8. The summed E-state index contributed by atoms with van der Waals surface area (Å²) in [5.74, 6) is -0.215. The molecule has 2 N–H and O–H groups in total. The Balaban J connectivity index is 0.00000192. The SMILES string of the molecule is Cc1c(NC(=O)C2CC23CCNCC3)cccc1C(F)(F)F.Cl. The van der Waals surface area contributed by atoms with E-state index in [1.165, 1.54) is 19.1 Å². The van der Waals surface area contributed by atoms with Crippen LogP contribution in [-0.2, 0) is 11.0 Å². The van der Waals surface area contributed by atoms with Gasteiger partial charge in [-0.15, -0.1) is 12.4 Å². The van der Waals surface area contributed by atoms with Crippen LogP contribution in [0.1, 0.15) is 30.4 Å². The van der Waals surface area contributed by atoms with E-state index in [0.29, 0.717) is 0 Å². The lowest BCUT2D eigenvalue weighted by atomic mass is 9.91. The first-order valence-electron chi connectivity index (χ1n) is 7.52. The zero-order chi connectivity index (χ0) is 16.0. The van der Waals surface area contributed by atoms with Crippen molar-refractivity contribution in [2.75, 3.05) is 18.4 Å². The average Bonchev–Trinajstić information content (AvgIpc) is 3.14. The summed E-state index contributed by atoms with van der Waals surface area (Å²) in [5.41, 5.74) is -0.290. The third-order valence-electron chi connectivity index (χ3n) is 5.00. The Morgan fingerprint density at radius 2 is 1.96 bits per heavy atom. The van der Waals surface area contributed by atoms with E-state index in [2.05, 4.69) is 10.6 Å². The first kappa shape index (κ1) is 18.1. The molecule has 1 heterocycles. The van der Waals surface area contributed by atoms with E-state index < -0.39 is 11.7 Å². The van der Waals surface area contributed by atoms with Gasteiger partial charge in [-0.25, -0.2) is 0 Å². The maximum atomic E-state index is 12.9. The highest BCUT2D eigenvalue weighted by Crippen LogP contribution is 2.58. The zero-order valence-corrected chi connectivity index (χ0v) is 13.6. The Hall–Kier alpha value is -1.27. The summed E-state index contributed by atoms with van der Waals surface area (Å²) in [6.45, 7) is 3.21. The fourth-order valence-electron chi connectivity index (χ4n) is 3.49. The van der Waals surface area contributed by atoms with Crippen LogP contribution in [0.15, 0.2) is 18.2 Å². The van der Waals surface area contributed by atoms with Crippen molar-refractivity contribution in [3.05, 3.63) is 29.3 Å². The molecule has 1 amide bonds. The number of carbonyl (C=O) groups is 1. The molecule has 128 valence electrons.